The lowest BCUT2D eigenvalue weighted by atomic mass is 10.1. The van der Waals surface area contributed by atoms with Gasteiger partial charge in [-0.15, -0.1) is 0 Å². The van der Waals surface area contributed by atoms with Gasteiger partial charge < -0.3 is 10.5 Å². The second-order valence-corrected chi connectivity index (χ2v) is 3.96. The van der Waals surface area contributed by atoms with Crippen molar-refractivity contribution in [1.82, 2.24) is 0 Å². The Labute approximate surface area is 112 Å². The van der Waals surface area contributed by atoms with E-state index in [1.54, 1.807) is 6.07 Å². The first-order chi connectivity index (χ1) is 9.28. The van der Waals surface area contributed by atoms with Gasteiger partial charge in [-0.3, -0.25) is 0 Å². The molecule has 0 atom stereocenters. The van der Waals surface area contributed by atoms with Crippen LogP contribution in [0, 0.1) is 17.7 Å². The Morgan fingerprint density at radius 2 is 1.89 bits per heavy atom. The predicted octanol–water partition coefficient (Wildman–Crippen LogP) is 2.71. The molecule has 0 aliphatic heterocycles. The maximum atomic E-state index is 13.4. The highest BCUT2D eigenvalue weighted by Crippen LogP contribution is 2.14. The molecular weight excluding hydrogens is 241 g/mol. The smallest absolute Gasteiger partial charge is 0.124 e. The van der Waals surface area contributed by atoms with Crippen molar-refractivity contribution >= 4 is 0 Å². The van der Waals surface area contributed by atoms with Crippen LogP contribution in [0.15, 0.2) is 48.5 Å². The fraction of sp³-hybridized carbons (Fsp3) is 0.125. The molecule has 2 aromatic carbocycles. The molecule has 0 aliphatic rings. The molecule has 0 bridgehead atoms. The van der Waals surface area contributed by atoms with Gasteiger partial charge in [0.25, 0.3) is 0 Å². The van der Waals surface area contributed by atoms with E-state index in [9.17, 15) is 4.39 Å². The third kappa shape index (κ3) is 4.13. The van der Waals surface area contributed by atoms with E-state index in [4.69, 9.17) is 10.5 Å². The van der Waals surface area contributed by atoms with Crippen LogP contribution in [0.3, 0.4) is 0 Å². The highest BCUT2D eigenvalue weighted by Gasteiger charge is 2.00. The number of hydrogen-bond acceptors (Lipinski definition) is 2. The minimum Gasteiger partial charge on any atom is -0.489 e. The van der Waals surface area contributed by atoms with E-state index in [1.165, 1.54) is 12.1 Å². The lowest BCUT2D eigenvalue weighted by molar-refractivity contribution is 0.305. The monoisotopic (exact) mass is 255 g/mol. The summed E-state index contributed by atoms with van der Waals surface area (Å²) in [5, 5.41) is 0. The summed E-state index contributed by atoms with van der Waals surface area (Å²) < 4.78 is 19.0. The normalized spacial score (nSPS) is 9.58. The van der Waals surface area contributed by atoms with Gasteiger partial charge in [-0.1, -0.05) is 30.0 Å². The Bertz CT molecular complexity index is 599. The van der Waals surface area contributed by atoms with Crippen molar-refractivity contribution in [2.45, 2.75) is 6.61 Å². The molecule has 3 heteroatoms. The summed E-state index contributed by atoms with van der Waals surface area (Å²) in [7, 11) is 0. The van der Waals surface area contributed by atoms with Crippen LogP contribution in [-0.2, 0) is 6.61 Å². The Morgan fingerprint density at radius 1 is 1.11 bits per heavy atom. The zero-order chi connectivity index (χ0) is 13.5. The largest absolute Gasteiger partial charge is 0.489 e. The number of nitrogens with two attached hydrogens (primary N) is 1. The van der Waals surface area contributed by atoms with Crippen LogP contribution in [0.25, 0.3) is 0 Å². The van der Waals surface area contributed by atoms with Crippen molar-refractivity contribution in [3.05, 3.63) is 65.5 Å². The fourth-order valence-corrected chi connectivity index (χ4v) is 1.64. The summed E-state index contributed by atoms with van der Waals surface area (Å²) in [6.45, 7) is 0.561. The molecular formula is C16H14FNO. The van der Waals surface area contributed by atoms with Gasteiger partial charge in [-0.2, -0.15) is 0 Å². The maximum Gasteiger partial charge on any atom is 0.124 e. The molecule has 0 unspecified atom stereocenters. The summed E-state index contributed by atoms with van der Waals surface area (Å²) >= 11 is 0. The third-order valence-corrected chi connectivity index (χ3v) is 2.44. The average Bonchev–Trinajstić information content (AvgIpc) is 2.43. The van der Waals surface area contributed by atoms with E-state index in [-0.39, 0.29) is 12.4 Å². The van der Waals surface area contributed by atoms with Crippen LogP contribution in [0.1, 0.15) is 11.1 Å². The minimum atomic E-state index is -0.324. The second-order valence-electron chi connectivity index (χ2n) is 3.96. The molecule has 0 amide bonds. The van der Waals surface area contributed by atoms with Gasteiger partial charge >= 0.3 is 0 Å². The first-order valence-electron chi connectivity index (χ1n) is 5.94. The Morgan fingerprint density at radius 3 is 2.63 bits per heavy atom. The number of benzene rings is 2. The van der Waals surface area contributed by atoms with Crippen molar-refractivity contribution in [2.24, 2.45) is 5.73 Å². The lowest BCUT2D eigenvalue weighted by Gasteiger charge is -2.06. The van der Waals surface area contributed by atoms with Crippen LogP contribution in [-0.4, -0.2) is 6.54 Å². The van der Waals surface area contributed by atoms with Crippen LogP contribution >= 0.6 is 0 Å². The molecule has 0 spiro atoms. The molecule has 2 aromatic rings. The van der Waals surface area contributed by atoms with Gasteiger partial charge in [-0.25, -0.2) is 4.39 Å². The van der Waals surface area contributed by atoms with Gasteiger partial charge in [0.2, 0.25) is 0 Å². The number of halogens is 1. The standard InChI is InChI=1S/C16H14FNO/c17-15-10-13(5-4-8-18)9-14(11-15)12-19-16-6-2-1-3-7-16/h1-3,6-7,9-11H,8,12,18H2. The second kappa shape index (κ2) is 6.58. The summed E-state index contributed by atoms with van der Waals surface area (Å²) in [5.74, 6) is 5.94. The van der Waals surface area contributed by atoms with Gasteiger partial charge in [-0.05, 0) is 35.9 Å². The van der Waals surface area contributed by atoms with Crippen molar-refractivity contribution in [2.75, 3.05) is 6.54 Å². The summed E-state index contributed by atoms with van der Waals surface area (Å²) in [5.41, 5.74) is 6.64. The molecule has 2 rings (SSSR count). The molecule has 0 fully saturated rings. The zero-order valence-electron chi connectivity index (χ0n) is 10.4. The van der Waals surface area contributed by atoms with Crippen LogP contribution in [0.4, 0.5) is 4.39 Å². The highest BCUT2D eigenvalue weighted by molar-refractivity contribution is 5.38. The topological polar surface area (TPSA) is 35.2 Å². The van der Waals surface area contributed by atoms with E-state index >= 15 is 0 Å². The van der Waals surface area contributed by atoms with E-state index in [0.29, 0.717) is 12.2 Å². The Kier molecular flexibility index (Phi) is 4.54. The maximum absolute atomic E-state index is 13.4. The summed E-state index contributed by atoms with van der Waals surface area (Å²) in [6.07, 6.45) is 0. The predicted molar refractivity (Wildman–Crippen MR) is 73.1 cm³/mol. The molecule has 2 N–H and O–H groups in total. The van der Waals surface area contributed by atoms with Gasteiger partial charge in [0.1, 0.15) is 18.2 Å². The van der Waals surface area contributed by atoms with Crippen molar-refractivity contribution < 1.29 is 9.13 Å². The van der Waals surface area contributed by atoms with Gasteiger partial charge in [0.15, 0.2) is 0 Å². The number of ether oxygens (including phenoxy) is 1. The highest BCUT2D eigenvalue weighted by atomic mass is 19.1. The fourth-order valence-electron chi connectivity index (χ4n) is 1.64. The summed E-state index contributed by atoms with van der Waals surface area (Å²) in [4.78, 5) is 0. The van der Waals surface area contributed by atoms with Crippen LogP contribution in [0.2, 0.25) is 0 Å². The third-order valence-electron chi connectivity index (χ3n) is 2.44. The van der Waals surface area contributed by atoms with Crippen molar-refractivity contribution in [1.29, 1.82) is 0 Å². The minimum absolute atomic E-state index is 0.256. The van der Waals surface area contributed by atoms with Gasteiger partial charge in [0.05, 0.1) is 6.54 Å². The lowest BCUT2D eigenvalue weighted by Crippen LogP contribution is -1.97. The SMILES string of the molecule is NCC#Cc1cc(F)cc(COc2ccccc2)c1. The van der Waals surface area contributed by atoms with Crippen LogP contribution in [0.5, 0.6) is 5.75 Å². The zero-order valence-corrected chi connectivity index (χ0v) is 10.4. The number of para-hydroxylation sites is 1. The van der Waals surface area contributed by atoms with E-state index in [0.717, 1.165) is 11.3 Å². The van der Waals surface area contributed by atoms with Gasteiger partial charge in [0, 0.05) is 5.56 Å². The van der Waals surface area contributed by atoms with E-state index in [2.05, 4.69) is 11.8 Å². The first kappa shape index (κ1) is 13.1. The average molecular weight is 255 g/mol. The Balaban J connectivity index is 2.10. The van der Waals surface area contributed by atoms with Crippen molar-refractivity contribution in [3.63, 3.8) is 0 Å². The first-order valence-corrected chi connectivity index (χ1v) is 5.94. The summed E-state index contributed by atoms with van der Waals surface area (Å²) in [6, 6.07) is 14.0. The molecule has 0 radical (unpaired) electrons. The van der Waals surface area contributed by atoms with Crippen molar-refractivity contribution in [3.8, 4) is 17.6 Å². The quantitative estimate of drug-likeness (QED) is 0.856. The van der Waals surface area contributed by atoms with E-state index in [1.807, 2.05) is 30.3 Å². The molecule has 0 heterocycles. The van der Waals surface area contributed by atoms with E-state index < -0.39 is 0 Å². The molecule has 19 heavy (non-hydrogen) atoms. The number of hydrogen-bond donors (Lipinski definition) is 1. The molecule has 0 aliphatic carbocycles. The Hall–Kier alpha value is -2.31. The molecule has 96 valence electrons. The molecule has 0 aromatic heterocycles. The molecule has 0 saturated heterocycles. The number of rotatable bonds is 3. The molecule has 0 saturated carbocycles. The van der Waals surface area contributed by atoms with Crippen LogP contribution < -0.4 is 10.5 Å². The molecule has 2 nitrogen and oxygen atoms in total.